The van der Waals surface area contributed by atoms with Crippen molar-refractivity contribution in [3.8, 4) is 11.5 Å². The molecule has 218 valence electrons. The highest BCUT2D eigenvalue weighted by Crippen LogP contribution is 2.35. The maximum absolute atomic E-state index is 14.0. The minimum absolute atomic E-state index is 0.0981. The number of aryl methyl sites for hydroxylation is 1. The quantitative estimate of drug-likeness (QED) is 0.434. The van der Waals surface area contributed by atoms with Crippen LogP contribution in [0.4, 0.5) is 5.69 Å². The smallest absolute Gasteiger partial charge is 0.244 e. The van der Waals surface area contributed by atoms with Gasteiger partial charge in [-0.2, -0.15) is 0 Å². The molecule has 0 radical (unpaired) electrons. The van der Waals surface area contributed by atoms with E-state index in [1.807, 2.05) is 38.1 Å². The van der Waals surface area contributed by atoms with E-state index < -0.39 is 28.5 Å². The van der Waals surface area contributed by atoms with Gasteiger partial charge in [-0.1, -0.05) is 56.0 Å². The maximum Gasteiger partial charge on any atom is 0.244 e. The molecule has 2 amide bonds. The fraction of sp³-hybridized carbons (Fsp3) is 0.533. The first-order chi connectivity index (χ1) is 19.2. The van der Waals surface area contributed by atoms with Gasteiger partial charge in [-0.05, 0) is 50.8 Å². The van der Waals surface area contributed by atoms with Gasteiger partial charge in [0.15, 0.2) is 11.5 Å². The van der Waals surface area contributed by atoms with Crippen molar-refractivity contribution >= 4 is 27.5 Å². The number of nitrogens with one attached hydrogen (secondary N) is 1. The predicted molar refractivity (Wildman–Crippen MR) is 155 cm³/mol. The van der Waals surface area contributed by atoms with Gasteiger partial charge in [0.1, 0.15) is 25.8 Å². The molecule has 4 rings (SSSR count). The number of fused-ring (bicyclic) bond motifs is 1. The number of amides is 2. The standard InChI is InChI=1S/C30H41N3O6S/c1-4-26(30(35)31-24-12-7-6-8-13-24)32(20-23-11-9-10-22(3)18-23)29(34)21-33(40(36,37)5-2)25-14-15-27-28(19-25)39-17-16-38-27/h9-11,14-15,18-19,24,26H,4-8,12-13,16-17,20-21H2,1-3H3,(H,31,35)/t26-/m0/s1. The van der Waals surface area contributed by atoms with Crippen LogP contribution >= 0.6 is 0 Å². The van der Waals surface area contributed by atoms with Gasteiger partial charge < -0.3 is 19.7 Å². The number of carbonyl (C=O) groups is 2. The second kappa shape index (κ2) is 13.4. The van der Waals surface area contributed by atoms with Crippen molar-refractivity contribution in [3.05, 3.63) is 53.6 Å². The number of hydrogen-bond donors (Lipinski definition) is 1. The molecule has 2 aromatic rings. The molecule has 40 heavy (non-hydrogen) atoms. The lowest BCUT2D eigenvalue weighted by molar-refractivity contribution is -0.140. The summed E-state index contributed by atoms with van der Waals surface area (Å²) in [5.74, 6) is 0.134. The summed E-state index contributed by atoms with van der Waals surface area (Å²) in [6, 6.07) is 12.0. The topological polar surface area (TPSA) is 105 Å². The average molecular weight is 572 g/mol. The summed E-state index contributed by atoms with van der Waals surface area (Å²) in [5, 5.41) is 3.17. The van der Waals surface area contributed by atoms with Gasteiger partial charge in [0, 0.05) is 18.7 Å². The van der Waals surface area contributed by atoms with Crippen LogP contribution in [0.25, 0.3) is 0 Å². The van der Waals surface area contributed by atoms with E-state index >= 15 is 0 Å². The summed E-state index contributed by atoms with van der Waals surface area (Å²) in [5.41, 5.74) is 2.23. The summed E-state index contributed by atoms with van der Waals surface area (Å²) in [4.78, 5) is 29.1. The highest BCUT2D eigenvalue weighted by molar-refractivity contribution is 7.92. The summed E-state index contributed by atoms with van der Waals surface area (Å²) in [6.07, 6.45) is 5.59. The van der Waals surface area contributed by atoms with Crippen LogP contribution < -0.4 is 19.1 Å². The van der Waals surface area contributed by atoms with Gasteiger partial charge >= 0.3 is 0 Å². The Morgan fingerprint density at radius 3 is 2.40 bits per heavy atom. The molecule has 0 spiro atoms. The van der Waals surface area contributed by atoms with E-state index in [-0.39, 0.29) is 24.2 Å². The minimum atomic E-state index is -3.83. The number of sulfonamides is 1. The number of benzene rings is 2. The van der Waals surface area contributed by atoms with Crippen LogP contribution in [0.1, 0.15) is 63.5 Å². The molecule has 0 unspecified atom stereocenters. The third kappa shape index (κ3) is 7.27. The molecule has 2 aliphatic rings. The molecule has 1 saturated carbocycles. The number of carbonyl (C=O) groups excluding carboxylic acids is 2. The molecule has 1 atom stereocenters. The Morgan fingerprint density at radius 2 is 1.73 bits per heavy atom. The molecule has 2 aromatic carbocycles. The number of nitrogens with zero attached hydrogens (tertiary/aromatic N) is 2. The summed E-state index contributed by atoms with van der Waals surface area (Å²) >= 11 is 0. The van der Waals surface area contributed by atoms with Crippen molar-refractivity contribution in [2.45, 2.75) is 77.9 Å². The van der Waals surface area contributed by atoms with Crippen LogP contribution in [0.5, 0.6) is 11.5 Å². The van der Waals surface area contributed by atoms with Crippen molar-refractivity contribution in [1.29, 1.82) is 0 Å². The highest BCUT2D eigenvalue weighted by Gasteiger charge is 2.33. The van der Waals surface area contributed by atoms with Crippen LogP contribution in [-0.4, -0.2) is 62.7 Å². The Hall–Kier alpha value is -3.27. The molecule has 10 heteroatoms. The third-order valence-corrected chi connectivity index (χ3v) is 9.31. The Labute approximate surface area is 237 Å². The lowest BCUT2D eigenvalue weighted by Crippen LogP contribution is -2.54. The fourth-order valence-electron chi connectivity index (χ4n) is 5.38. The Morgan fingerprint density at radius 1 is 1.00 bits per heavy atom. The zero-order chi connectivity index (χ0) is 28.7. The molecule has 0 bridgehead atoms. The largest absolute Gasteiger partial charge is 0.486 e. The zero-order valence-electron chi connectivity index (χ0n) is 23.7. The van der Waals surface area contributed by atoms with Crippen molar-refractivity contribution in [1.82, 2.24) is 10.2 Å². The van der Waals surface area contributed by atoms with Gasteiger partial charge in [-0.25, -0.2) is 8.42 Å². The van der Waals surface area contributed by atoms with E-state index in [1.54, 1.807) is 25.1 Å². The Kier molecular flexibility index (Phi) is 9.95. The normalized spacial score (nSPS) is 16.2. The lowest BCUT2D eigenvalue weighted by atomic mass is 9.95. The number of rotatable bonds is 11. The molecule has 1 heterocycles. The average Bonchev–Trinajstić information content (AvgIpc) is 2.96. The minimum Gasteiger partial charge on any atom is -0.486 e. The number of hydrogen-bond acceptors (Lipinski definition) is 6. The second-order valence-corrected chi connectivity index (χ2v) is 12.7. The summed E-state index contributed by atoms with van der Waals surface area (Å²) < 4.78 is 38.9. The molecule has 0 saturated heterocycles. The van der Waals surface area contributed by atoms with Crippen LogP contribution in [-0.2, 0) is 26.2 Å². The second-order valence-electron chi connectivity index (χ2n) is 10.5. The molecule has 1 aliphatic heterocycles. The van der Waals surface area contributed by atoms with Gasteiger partial charge in [0.2, 0.25) is 21.8 Å². The van der Waals surface area contributed by atoms with Crippen LogP contribution in [0.2, 0.25) is 0 Å². The highest BCUT2D eigenvalue weighted by atomic mass is 32.2. The molecule has 0 aromatic heterocycles. The van der Waals surface area contributed by atoms with Gasteiger partial charge in [-0.15, -0.1) is 0 Å². The van der Waals surface area contributed by atoms with Crippen molar-refractivity contribution in [2.75, 3.05) is 29.8 Å². The van der Waals surface area contributed by atoms with E-state index in [0.29, 0.717) is 36.8 Å². The SMILES string of the molecule is CC[C@@H](C(=O)NC1CCCCC1)N(Cc1cccc(C)c1)C(=O)CN(c1ccc2c(c1)OCCO2)S(=O)(=O)CC. The van der Waals surface area contributed by atoms with Gasteiger partial charge in [0.25, 0.3) is 0 Å². The first-order valence-corrected chi connectivity index (χ1v) is 15.9. The summed E-state index contributed by atoms with van der Waals surface area (Å²) in [7, 11) is -3.83. The number of anilines is 1. The fourth-order valence-corrected chi connectivity index (χ4v) is 6.43. The molecule has 1 fully saturated rings. The molecular weight excluding hydrogens is 530 g/mol. The van der Waals surface area contributed by atoms with Crippen molar-refractivity contribution < 1.29 is 27.5 Å². The Bertz CT molecular complexity index is 1290. The van der Waals surface area contributed by atoms with Crippen molar-refractivity contribution in [2.24, 2.45) is 0 Å². The molecule has 1 aliphatic carbocycles. The first kappa shape index (κ1) is 29.7. The van der Waals surface area contributed by atoms with E-state index in [1.165, 1.54) is 11.3 Å². The molecule has 9 nitrogen and oxygen atoms in total. The first-order valence-electron chi connectivity index (χ1n) is 14.3. The van der Waals surface area contributed by atoms with E-state index in [0.717, 1.165) is 41.1 Å². The Balaban J connectivity index is 1.64. The van der Waals surface area contributed by atoms with Crippen LogP contribution in [0.15, 0.2) is 42.5 Å². The number of ether oxygens (including phenoxy) is 2. The van der Waals surface area contributed by atoms with Gasteiger partial charge in [-0.3, -0.25) is 13.9 Å². The predicted octanol–water partition coefficient (Wildman–Crippen LogP) is 4.18. The van der Waals surface area contributed by atoms with Gasteiger partial charge in [0.05, 0.1) is 11.4 Å². The molecule has 1 N–H and O–H groups in total. The lowest BCUT2D eigenvalue weighted by Gasteiger charge is -2.34. The zero-order valence-corrected chi connectivity index (χ0v) is 24.5. The maximum atomic E-state index is 14.0. The van der Waals surface area contributed by atoms with Crippen LogP contribution in [0.3, 0.4) is 0 Å². The third-order valence-electron chi connectivity index (χ3n) is 7.57. The van der Waals surface area contributed by atoms with E-state index in [4.69, 9.17) is 9.47 Å². The summed E-state index contributed by atoms with van der Waals surface area (Å²) in [6.45, 7) is 5.92. The monoisotopic (exact) mass is 571 g/mol. The van der Waals surface area contributed by atoms with E-state index in [2.05, 4.69) is 5.32 Å². The molecular formula is C30H41N3O6S. The van der Waals surface area contributed by atoms with Crippen molar-refractivity contribution in [3.63, 3.8) is 0 Å². The van der Waals surface area contributed by atoms with E-state index in [9.17, 15) is 18.0 Å². The van der Waals surface area contributed by atoms with Crippen LogP contribution in [0, 0.1) is 6.92 Å².